The number of fused-ring (bicyclic) bond motifs is 1. The quantitative estimate of drug-likeness (QED) is 0.165. The number of hydrogen-bond donors (Lipinski definition) is 0. The van der Waals surface area contributed by atoms with E-state index in [9.17, 15) is 10.1 Å². The lowest BCUT2D eigenvalue weighted by molar-refractivity contribution is -0.468. The third-order valence-corrected chi connectivity index (χ3v) is 8.65. The molecule has 0 N–H and O–H groups in total. The topological polar surface area (TPSA) is 49.4 Å². The van der Waals surface area contributed by atoms with Gasteiger partial charge in [-0.3, -0.25) is 10.1 Å². The Hall–Kier alpha value is -3.73. The molecule has 0 amide bonds. The lowest BCUT2D eigenvalue weighted by Gasteiger charge is -2.27. The van der Waals surface area contributed by atoms with Crippen molar-refractivity contribution < 1.29 is 9.50 Å². The van der Waals surface area contributed by atoms with E-state index in [0.717, 1.165) is 56.4 Å². The Balaban J connectivity index is 1.82. The van der Waals surface area contributed by atoms with Crippen LogP contribution in [0.3, 0.4) is 0 Å². The van der Waals surface area contributed by atoms with Crippen molar-refractivity contribution in [1.82, 2.24) is 0 Å². The lowest BCUT2D eigenvalue weighted by Crippen LogP contribution is -2.27. The molecule has 0 saturated carbocycles. The Morgan fingerprint density at radius 2 is 1.83 bits per heavy atom. The van der Waals surface area contributed by atoms with E-state index < -0.39 is 0 Å². The molecule has 2 heterocycles. The van der Waals surface area contributed by atoms with Gasteiger partial charge in [-0.25, -0.2) is 0 Å². The molecule has 0 bridgehead atoms. The average Bonchev–Trinajstić information content (AvgIpc) is 3.29. The van der Waals surface area contributed by atoms with Crippen LogP contribution in [0.25, 0.3) is 0 Å². The second-order valence-corrected chi connectivity index (χ2v) is 12.2. The Kier molecular flexibility index (Phi) is 9.16. The SMILES string of the molecule is C=CC=C1C(=C2C=CC=CC2)C(C)(C)C(C=CC=C2N(CCCC)c3ccc([N+](=O)[O-])cc3C2(C)C)=[N+]1CCCC. The van der Waals surface area contributed by atoms with Crippen LogP contribution < -0.4 is 4.90 Å². The van der Waals surface area contributed by atoms with Crippen LogP contribution in [0.2, 0.25) is 0 Å². The minimum atomic E-state index is -0.350. The first kappa shape index (κ1) is 30.2. The molecule has 0 atom stereocenters. The molecule has 5 heteroatoms. The Morgan fingerprint density at radius 3 is 2.46 bits per heavy atom. The van der Waals surface area contributed by atoms with Gasteiger partial charge in [0.1, 0.15) is 6.54 Å². The lowest BCUT2D eigenvalue weighted by atomic mass is 9.77. The number of hydrogen-bond acceptors (Lipinski definition) is 3. The molecule has 216 valence electrons. The number of nitrogens with zero attached hydrogens (tertiary/aromatic N) is 3. The highest BCUT2D eigenvalue weighted by molar-refractivity contribution is 6.01. The molecule has 0 fully saturated rings. The van der Waals surface area contributed by atoms with Crippen LogP contribution in [-0.4, -0.2) is 28.3 Å². The van der Waals surface area contributed by atoms with Gasteiger partial charge in [0.15, 0.2) is 5.71 Å². The van der Waals surface area contributed by atoms with Crippen molar-refractivity contribution in [1.29, 1.82) is 0 Å². The van der Waals surface area contributed by atoms with E-state index in [2.05, 4.69) is 106 Å². The number of rotatable bonds is 10. The maximum atomic E-state index is 11.6. The van der Waals surface area contributed by atoms with Crippen molar-refractivity contribution >= 4 is 17.1 Å². The van der Waals surface area contributed by atoms with E-state index in [1.54, 1.807) is 12.1 Å². The van der Waals surface area contributed by atoms with Crippen LogP contribution in [0.1, 0.15) is 79.2 Å². The zero-order valence-electron chi connectivity index (χ0n) is 25.7. The molecule has 4 rings (SSSR count). The Morgan fingerprint density at radius 1 is 1.07 bits per heavy atom. The highest BCUT2D eigenvalue weighted by Gasteiger charge is 2.48. The van der Waals surface area contributed by atoms with Gasteiger partial charge in [-0.15, -0.1) is 0 Å². The van der Waals surface area contributed by atoms with Crippen LogP contribution >= 0.6 is 0 Å². The summed E-state index contributed by atoms with van der Waals surface area (Å²) >= 11 is 0. The van der Waals surface area contributed by atoms with E-state index in [1.807, 2.05) is 12.1 Å². The molecule has 0 saturated heterocycles. The predicted molar refractivity (Wildman–Crippen MR) is 173 cm³/mol. The van der Waals surface area contributed by atoms with E-state index in [-0.39, 0.29) is 21.4 Å². The number of allylic oxidation sites excluding steroid dienone is 12. The molecule has 0 spiro atoms. The zero-order chi connectivity index (χ0) is 29.8. The molecule has 1 aromatic carbocycles. The van der Waals surface area contributed by atoms with E-state index in [0.29, 0.717) is 0 Å². The third kappa shape index (κ3) is 5.72. The maximum absolute atomic E-state index is 11.6. The van der Waals surface area contributed by atoms with E-state index >= 15 is 0 Å². The Bertz CT molecular complexity index is 1430. The van der Waals surface area contributed by atoms with Gasteiger partial charge in [-0.1, -0.05) is 83.6 Å². The molecule has 2 aliphatic heterocycles. The van der Waals surface area contributed by atoms with Gasteiger partial charge in [0.2, 0.25) is 5.70 Å². The summed E-state index contributed by atoms with van der Waals surface area (Å²) in [6, 6.07) is 5.32. The fourth-order valence-electron chi connectivity index (χ4n) is 6.52. The van der Waals surface area contributed by atoms with Crippen molar-refractivity contribution in [2.24, 2.45) is 5.41 Å². The number of nitro benzene ring substituents is 1. The molecule has 1 aromatic rings. The van der Waals surface area contributed by atoms with Crippen LogP contribution in [0.5, 0.6) is 0 Å². The number of benzene rings is 1. The fraction of sp³-hybridized carbons (Fsp3) is 0.417. The van der Waals surface area contributed by atoms with Gasteiger partial charge in [-0.05, 0) is 50.0 Å². The van der Waals surface area contributed by atoms with Gasteiger partial charge in [0, 0.05) is 59.6 Å². The molecule has 3 aliphatic rings. The van der Waals surface area contributed by atoms with Gasteiger partial charge < -0.3 is 4.90 Å². The largest absolute Gasteiger partial charge is 0.344 e. The average molecular weight is 553 g/mol. The molecule has 0 radical (unpaired) electrons. The molecular weight excluding hydrogens is 506 g/mol. The summed E-state index contributed by atoms with van der Waals surface area (Å²) in [6.45, 7) is 19.3. The van der Waals surface area contributed by atoms with Gasteiger partial charge >= 0.3 is 0 Å². The summed E-state index contributed by atoms with van der Waals surface area (Å²) in [6.07, 6.45) is 24.8. The third-order valence-electron chi connectivity index (χ3n) is 8.65. The second kappa shape index (κ2) is 12.4. The number of unbranched alkanes of at least 4 members (excludes halogenated alkanes) is 2. The number of non-ortho nitro benzene ring substituents is 1. The Labute approximate surface area is 246 Å². The first-order valence-electron chi connectivity index (χ1n) is 15.1. The van der Waals surface area contributed by atoms with E-state index in [1.165, 1.54) is 28.3 Å². The first-order chi connectivity index (χ1) is 19.6. The zero-order valence-corrected chi connectivity index (χ0v) is 25.7. The highest BCUT2D eigenvalue weighted by Crippen LogP contribution is 2.49. The highest BCUT2D eigenvalue weighted by atomic mass is 16.6. The summed E-state index contributed by atoms with van der Waals surface area (Å²) in [5.41, 5.74) is 8.13. The van der Waals surface area contributed by atoms with E-state index in [4.69, 9.17) is 0 Å². The molecule has 0 unspecified atom stereocenters. The van der Waals surface area contributed by atoms with Crippen molar-refractivity contribution in [3.63, 3.8) is 0 Å². The van der Waals surface area contributed by atoms with Crippen LogP contribution in [0, 0.1) is 15.5 Å². The minimum absolute atomic E-state index is 0.146. The smallest absolute Gasteiger partial charge is 0.269 e. The van der Waals surface area contributed by atoms with Crippen molar-refractivity contribution in [2.45, 2.75) is 79.1 Å². The maximum Gasteiger partial charge on any atom is 0.269 e. The van der Waals surface area contributed by atoms with Gasteiger partial charge in [0.05, 0.1) is 10.3 Å². The standard InChI is InChI=1S/C36H46N3O2/c1-8-11-24-37-30-23-22-28(39(40)41)26-29(30)35(4,5)32(37)20-16-21-33-36(6,7)34(27-18-14-13-15-19-27)31(17-10-3)38(33)25-12-9-2/h10,13-18,20-23,26H,3,8-9,11-12,19,24-25H2,1-2,4-7H3/q+1. The van der Waals surface area contributed by atoms with Crippen LogP contribution in [0.4, 0.5) is 11.4 Å². The van der Waals surface area contributed by atoms with Gasteiger partial charge in [0.25, 0.3) is 5.69 Å². The molecule has 0 aromatic heterocycles. The second-order valence-electron chi connectivity index (χ2n) is 12.2. The van der Waals surface area contributed by atoms with Gasteiger partial charge in [-0.2, -0.15) is 4.58 Å². The summed E-state index contributed by atoms with van der Waals surface area (Å²) in [5.74, 6) is 0. The predicted octanol–water partition coefficient (Wildman–Crippen LogP) is 9.11. The van der Waals surface area contributed by atoms with Crippen LogP contribution in [-0.2, 0) is 5.41 Å². The van der Waals surface area contributed by atoms with Crippen molar-refractivity contribution in [3.8, 4) is 0 Å². The fourth-order valence-corrected chi connectivity index (χ4v) is 6.52. The van der Waals surface area contributed by atoms with Crippen LogP contribution in [0.15, 0.2) is 102 Å². The molecule has 5 nitrogen and oxygen atoms in total. The normalized spacial score (nSPS) is 22.9. The summed E-state index contributed by atoms with van der Waals surface area (Å²) in [4.78, 5) is 13.7. The first-order valence-corrected chi connectivity index (χ1v) is 15.1. The molecule has 41 heavy (non-hydrogen) atoms. The number of anilines is 1. The molecule has 1 aliphatic carbocycles. The summed E-state index contributed by atoms with van der Waals surface area (Å²) < 4.78 is 2.49. The van der Waals surface area contributed by atoms with Crippen molar-refractivity contribution in [3.05, 3.63) is 118 Å². The van der Waals surface area contributed by atoms with Crippen molar-refractivity contribution in [2.75, 3.05) is 18.0 Å². The summed E-state index contributed by atoms with van der Waals surface area (Å²) in [5, 5.41) is 11.6. The molecular formula is C36H46N3O2+. The summed E-state index contributed by atoms with van der Waals surface area (Å²) in [7, 11) is 0. The number of nitro groups is 1. The monoisotopic (exact) mass is 552 g/mol. The minimum Gasteiger partial charge on any atom is -0.344 e.